The fourth-order valence-electron chi connectivity index (χ4n) is 2.70. The zero-order valence-electron chi connectivity index (χ0n) is 18.2. The van der Waals surface area contributed by atoms with Crippen molar-refractivity contribution < 1.29 is 28.5 Å². The molecule has 3 aromatic rings. The van der Waals surface area contributed by atoms with Gasteiger partial charge >= 0.3 is 5.97 Å². The van der Waals surface area contributed by atoms with Crippen LogP contribution in [0.5, 0.6) is 23.0 Å². The summed E-state index contributed by atoms with van der Waals surface area (Å²) in [5.41, 5.74) is 3.34. The second-order valence-corrected chi connectivity index (χ2v) is 7.53. The summed E-state index contributed by atoms with van der Waals surface area (Å²) in [5, 5.41) is 4.64. The summed E-state index contributed by atoms with van der Waals surface area (Å²) < 4.78 is 21.1. The maximum Gasteiger partial charge on any atom is 0.343 e. The average molecular weight is 503 g/mol. The van der Waals surface area contributed by atoms with E-state index in [1.54, 1.807) is 48.5 Å². The van der Waals surface area contributed by atoms with Gasteiger partial charge in [-0.2, -0.15) is 5.10 Å². The summed E-state index contributed by atoms with van der Waals surface area (Å²) in [6.07, 6.45) is 1.44. The Morgan fingerprint density at radius 2 is 1.62 bits per heavy atom. The lowest BCUT2D eigenvalue weighted by Gasteiger charge is -2.09. The summed E-state index contributed by atoms with van der Waals surface area (Å²) >= 11 is 11.8. The van der Waals surface area contributed by atoms with Gasteiger partial charge in [-0.15, -0.1) is 0 Å². The number of benzene rings is 3. The van der Waals surface area contributed by atoms with Crippen LogP contribution in [0.1, 0.15) is 15.9 Å². The second-order valence-electron chi connectivity index (χ2n) is 6.68. The number of hydrazone groups is 1. The molecule has 0 bridgehead atoms. The Balaban J connectivity index is 1.50. The van der Waals surface area contributed by atoms with Gasteiger partial charge < -0.3 is 18.9 Å². The largest absolute Gasteiger partial charge is 0.493 e. The Morgan fingerprint density at radius 3 is 2.29 bits per heavy atom. The molecule has 0 aromatic heterocycles. The van der Waals surface area contributed by atoms with Crippen molar-refractivity contribution >= 4 is 41.3 Å². The summed E-state index contributed by atoms with van der Waals surface area (Å²) in [5.74, 6) is 0.595. The van der Waals surface area contributed by atoms with Crippen LogP contribution in [0, 0.1) is 0 Å². The second kappa shape index (κ2) is 11.9. The third-order valence-corrected chi connectivity index (χ3v) is 4.90. The summed E-state index contributed by atoms with van der Waals surface area (Å²) in [6, 6.07) is 16.0. The van der Waals surface area contributed by atoms with Gasteiger partial charge in [0.2, 0.25) is 0 Å². The fourth-order valence-corrected chi connectivity index (χ4v) is 3.16. The van der Waals surface area contributed by atoms with Crippen molar-refractivity contribution in [3.05, 3.63) is 81.8 Å². The first-order valence-corrected chi connectivity index (χ1v) is 10.6. The molecule has 3 aromatic carbocycles. The van der Waals surface area contributed by atoms with Gasteiger partial charge in [-0.05, 0) is 66.2 Å². The van der Waals surface area contributed by atoms with Crippen LogP contribution in [0.3, 0.4) is 0 Å². The maximum absolute atomic E-state index is 12.4. The van der Waals surface area contributed by atoms with Gasteiger partial charge in [0.1, 0.15) is 11.5 Å². The molecule has 1 N–H and O–H groups in total. The number of halogens is 2. The molecule has 0 saturated heterocycles. The smallest absolute Gasteiger partial charge is 0.343 e. The van der Waals surface area contributed by atoms with Gasteiger partial charge in [0, 0.05) is 5.02 Å². The molecule has 34 heavy (non-hydrogen) atoms. The molecule has 0 aliphatic carbocycles. The van der Waals surface area contributed by atoms with Gasteiger partial charge in [-0.25, -0.2) is 10.2 Å². The van der Waals surface area contributed by atoms with Crippen molar-refractivity contribution in [1.29, 1.82) is 0 Å². The molecule has 3 rings (SSSR count). The van der Waals surface area contributed by atoms with Gasteiger partial charge in [-0.3, -0.25) is 4.79 Å². The average Bonchev–Trinajstić information content (AvgIpc) is 2.84. The van der Waals surface area contributed by atoms with E-state index in [0.29, 0.717) is 44.2 Å². The predicted octanol–water partition coefficient (Wildman–Crippen LogP) is 4.76. The van der Waals surface area contributed by atoms with E-state index in [0.717, 1.165) is 0 Å². The summed E-state index contributed by atoms with van der Waals surface area (Å²) in [7, 11) is 3.00. The maximum atomic E-state index is 12.4. The third-order valence-electron chi connectivity index (χ3n) is 4.37. The van der Waals surface area contributed by atoms with E-state index in [1.165, 1.54) is 32.6 Å². The zero-order valence-corrected chi connectivity index (χ0v) is 19.7. The van der Waals surface area contributed by atoms with Gasteiger partial charge in [0.05, 0.1) is 31.0 Å². The number of carbonyl (C=O) groups excluding carboxylic acids is 2. The SMILES string of the molecule is COc1ccc(C(=O)Oc2ccc(/C=N/NC(=O)COc3ccc(Cl)cc3Cl)cc2)cc1OC. The van der Waals surface area contributed by atoms with Gasteiger partial charge in [0.25, 0.3) is 5.91 Å². The Labute approximate surface area is 206 Å². The Hall–Kier alpha value is -3.75. The lowest BCUT2D eigenvalue weighted by molar-refractivity contribution is -0.123. The van der Waals surface area contributed by atoms with Crippen LogP contribution in [-0.2, 0) is 4.79 Å². The normalized spacial score (nSPS) is 10.6. The highest BCUT2D eigenvalue weighted by Crippen LogP contribution is 2.28. The van der Waals surface area contributed by atoms with Gasteiger partial charge in [-0.1, -0.05) is 23.2 Å². The molecule has 1 amide bonds. The van der Waals surface area contributed by atoms with Crippen molar-refractivity contribution in [1.82, 2.24) is 5.43 Å². The molecule has 10 heteroatoms. The van der Waals surface area contributed by atoms with Crippen LogP contribution in [-0.4, -0.2) is 38.9 Å². The van der Waals surface area contributed by atoms with E-state index in [2.05, 4.69) is 10.5 Å². The number of esters is 1. The molecular weight excluding hydrogens is 483 g/mol. The lowest BCUT2D eigenvalue weighted by Crippen LogP contribution is -2.24. The molecule has 0 heterocycles. The van der Waals surface area contributed by atoms with E-state index in [1.807, 2.05) is 0 Å². The minimum Gasteiger partial charge on any atom is -0.493 e. The highest BCUT2D eigenvalue weighted by Gasteiger charge is 2.13. The number of methoxy groups -OCH3 is 2. The Bertz CT molecular complexity index is 1200. The van der Waals surface area contributed by atoms with Crippen LogP contribution in [0.4, 0.5) is 0 Å². The van der Waals surface area contributed by atoms with E-state index in [9.17, 15) is 9.59 Å². The molecule has 0 saturated carbocycles. The van der Waals surface area contributed by atoms with Crippen molar-refractivity contribution in [3.8, 4) is 23.0 Å². The molecule has 0 aliphatic rings. The first-order chi connectivity index (χ1) is 16.4. The number of carbonyl (C=O) groups is 2. The first-order valence-electron chi connectivity index (χ1n) is 9.83. The summed E-state index contributed by atoms with van der Waals surface area (Å²) in [6.45, 7) is -0.274. The molecule has 0 unspecified atom stereocenters. The molecule has 0 fully saturated rings. The topological polar surface area (TPSA) is 95.5 Å². The quantitative estimate of drug-likeness (QED) is 0.196. The van der Waals surface area contributed by atoms with Crippen LogP contribution in [0.15, 0.2) is 65.8 Å². The number of hydrogen-bond donors (Lipinski definition) is 1. The first kappa shape index (κ1) is 24.9. The minimum atomic E-state index is -0.546. The van der Waals surface area contributed by atoms with E-state index in [-0.39, 0.29) is 6.61 Å². The number of hydrogen-bond acceptors (Lipinski definition) is 7. The molecule has 0 aliphatic heterocycles. The van der Waals surface area contributed by atoms with Crippen molar-refractivity contribution in [3.63, 3.8) is 0 Å². The number of rotatable bonds is 9. The summed E-state index contributed by atoms with van der Waals surface area (Å²) in [4.78, 5) is 24.3. The number of ether oxygens (including phenoxy) is 4. The van der Waals surface area contributed by atoms with E-state index < -0.39 is 11.9 Å². The molecule has 0 atom stereocenters. The highest BCUT2D eigenvalue weighted by molar-refractivity contribution is 6.35. The number of amides is 1. The Morgan fingerprint density at radius 1 is 0.912 bits per heavy atom. The Kier molecular flexibility index (Phi) is 8.73. The molecule has 176 valence electrons. The van der Waals surface area contributed by atoms with Crippen LogP contribution in [0.25, 0.3) is 0 Å². The van der Waals surface area contributed by atoms with Gasteiger partial charge in [0.15, 0.2) is 18.1 Å². The monoisotopic (exact) mass is 502 g/mol. The fraction of sp³-hybridized carbons (Fsp3) is 0.125. The van der Waals surface area contributed by atoms with Crippen molar-refractivity contribution in [2.45, 2.75) is 0 Å². The van der Waals surface area contributed by atoms with E-state index in [4.69, 9.17) is 42.1 Å². The minimum absolute atomic E-state index is 0.274. The lowest BCUT2D eigenvalue weighted by atomic mass is 10.2. The van der Waals surface area contributed by atoms with Crippen LogP contribution in [0.2, 0.25) is 10.0 Å². The van der Waals surface area contributed by atoms with Crippen molar-refractivity contribution in [2.75, 3.05) is 20.8 Å². The molecular formula is C24H20Cl2N2O6. The van der Waals surface area contributed by atoms with Crippen molar-refractivity contribution in [2.24, 2.45) is 5.10 Å². The number of nitrogens with zero attached hydrogens (tertiary/aromatic N) is 1. The molecule has 0 spiro atoms. The molecule has 0 radical (unpaired) electrons. The predicted molar refractivity (Wildman–Crippen MR) is 129 cm³/mol. The van der Waals surface area contributed by atoms with E-state index >= 15 is 0 Å². The third kappa shape index (κ3) is 6.87. The molecule has 8 nitrogen and oxygen atoms in total. The zero-order chi connectivity index (χ0) is 24.5. The standard InChI is InChI=1S/C24H20Cl2N2O6/c1-31-21-9-5-16(11-22(21)32-2)24(30)34-18-7-3-15(4-8-18)13-27-28-23(29)14-33-20-10-6-17(25)12-19(20)26/h3-13H,14H2,1-2H3,(H,28,29)/b27-13+. The van der Waals surface area contributed by atoms with Crippen LogP contribution >= 0.6 is 23.2 Å². The van der Waals surface area contributed by atoms with Crippen LogP contribution < -0.4 is 24.4 Å². The highest BCUT2D eigenvalue weighted by atomic mass is 35.5. The number of nitrogens with one attached hydrogen (secondary N) is 1.